The van der Waals surface area contributed by atoms with Gasteiger partial charge in [-0.25, -0.2) is 8.78 Å². The molecule has 1 heterocycles. The minimum absolute atomic E-state index is 0.102. The Morgan fingerprint density at radius 1 is 1.33 bits per heavy atom. The van der Waals surface area contributed by atoms with Gasteiger partial charge in [0.15, 0.2) is 0 Å². The van der Waals surface area contributed by atoms with Crippen LogP contribution >= 0.6 is 0 Å². The van der Waals surface area contributed by atoms with Crippen molar-refractivity contribution >= 4 is 5.91 Å². The molecule has 3 rings (SSSR count). The predicted octanol–water partition coefficient (Wildman–Crippen LogP) is 2.20. The van der Waals surface area contributed by atoms with Crippen molar-refractivity contribution in [1.29, 1.82) is 0 Å². The van der Waals surface area contributed by atoms with Crippen LogP contribution in [0.2, 0.25) is 0 Å². The van der Waals surface area contributed by atoms with Gasteiger partial charge in [-0.3, -0.25) is 4.79 Å². The SMILES string of the molecule is O=C([C@H]1CC1(F)F)N1COC[C@H]1c1ccccc1. The van der Waals surface area contributed by atoms with Crippen LogP contribution in [0.25, 0.3) is 0 Å². The van der Waals surface area contributed by atoms with Gasteiger partial charge < -0.3 is 9.64 Å². The average molecular weight is 253 g/mol. The Hall–Kier alpha value is -1.49. The monoisotopic (exact) mass is 253 g/mol. The van der Waals surface area contributed by atoms with Crippen molar-refractivity contribution in [3.8, 4) is 0 Å². The topological polar surface area (TPSA) is 29.5 Å². The Morgan fingerprint density at radius 2 is 2.00 bits per heavy atom. The first-order valence-electron chi connectivity index (χ1n) is 5.90. The largest absolute Gasteiger partial charge is 0.359 e. The highest BCUT2D eigenvalue weighted by atomic mass is 19.3. The quantitative estimate of drug-likeness (QED) is 0.808. The highest BCUT2D eigenvalue weighted by molar-refractivity contribution is 5.83. The zero-order valence-corrected chi connectivity index (χ0v) is 9.68. The second-order valence-corrected chi connectivity index (χ2v) is 4.75. The van der Waals surface area contributed by atoms with Crippen molar-refractivity contribution in [3.63, 3.8) is 0 Å². The maximum absolute atomic E-state index is 12.9. The first kappa shape index (κ1) is 11.6. The van der Waals surface area contributed by atoms with Gasteiger partial charge in [-0.05, 0) is 5.56 Å². The van der Waals surface area contributed by atoms with Crippen molar-refractivity contribution in [1.82, 2.24) is 4.90 Å². The summed E-state index contributed by atoms with van der Waals surface area (Å²) in [7, 11) is 0. The zero-order valence-electron chi connectivity index (χ0n) is 9.68. The van der Waals surface area contributed by atoms with Gasteiger partial charge in [-0.1, -0.05) is 30.3 Å². The Morgan fingerprint density at radius 3 is 2.61 bits per heavy atom. The molecule has 1 saturated carbocycles. The van der Waals surface area contributed by atoms with Crippen LogP contribution in [0.5, 0.6) is 0 Å². The fourth-order valence-corrected chi connectivity index (χ4v) is 2.29. The zero-order chi connectivity index (χ0) is 12.8. The van der Waals surface area contributed by atoms with Crippen LogP contribution < -0.4 is 0 Å². The van der Waals surface area contributed by atoms with Gasteiger partial charge >= 0.3 is 0 Å². The van der Waals surface area contributed by atoms with Gasteiger partial charge in [0.1, 0.15) is 12.6 Å². The fourth-order valence-electron chi connectivity index (χ4n) is 2.29. The molecule has 2 fully saturated rings. The van der Waals surface area contributed by atoms with Gasteiger partial charge in [-0.2, -0.15) is 0 Å². The molecule has 1 saturated heterocycles. The van der Waals surface area contributed by atoms with E-state index >= 15 is 0 Å². The highest BCUT2D eigenvalue weighted by Gasteiger charge is 2.63. The molecular weight excluding hydrogens is 240 g/mol. The average Bonchev–Trinajstić information content (AvgIpc) is 2.80. The maximum atomic E-state index is 12.9. The lowest BCUT2D eigenvalue weighted by molar-refractivity contribution is -0.137. The second-order valence-electron chi connectivity index (χ2n) is 4.75. The summed E-state index contributed by atoms with van der Waals surface area (Å²) in [4.78, 5) is 13.4. The van der Waals surface area contributed by atoms with Gasteiger partial charge in [-0.15, -0.1) is 0 Å². The van der Waals surface area contributed by atoms with Gasteiger partial charge in [0.05, 0.1) is 12.6 Å². The maximum Gasteiger partial charge on any atom is 0.260 e. The Bertz CT molecular complexity index is 463. The number of nitrogens with zero attached hydrogens (tertiary/aromatic N) is 1. The molecule has 5 heteroatoms. The third kappa shape index (κ3) is 1.88. The Balaban J connectivity index is 1.78. The molecule has 0 N–H and O–H groups in total. The number of alkyl halides is 2. The number of benzene rings is 1. The molecule has 1 aliphatic heterocycles. The molecule has 2 aliphatic rings. The highest BCUT2D eigenvalue weighted by Crippen LogP contribution is 2.50. The van der Waals surface area contributed by atoms with Gasteiger partial charge in [0.2, 0.25) is 5.91 Å². The standard InChI is InChI=1S/C13H13F2NO2/c14-13(15)6-10(13)12(17)16-8-18-7-11(16)9-4-2-1-3-5-9/h1-5,10-11H,6-8H2/t10-,11+/m1/s1. The molecule has 18 heavy (non-hydrogen) atoms. The lowest BCUT2D eigenvalue weighted by Crippen LogP contribution is -2.33. The number of amides is 1. The Labute approximate surface area is 103 Å². The summed E-state index contributed by atoms with van der Waals surface area (Å²) in [6.45, 7) is 0.471. The van der Waals surface area contributed by atoms with Crippen LogP contribution in [0.3, 0.4) is 0 Å². The minimum Gasteiger partial charge on any atom is -0.359 e. The van der Waals surface area contributed by atoms with E-state index < -0.39 is 17.7 Å². The molecule has 0 bridgehead atoms. The van der Waals surface area contributed by atoms with Crippen LogP contribution in [-0.4, -0.2) is 30.1 Å². The summed E-state index contributed by atoms with van der Waals surface area (Å²) in [5, 5.41) is 0. The van der Waals surface area contributed by atoms with E-state index in [1.54, 1.807) is 0 Å². The summed E-state index contributed by atoms with van der Waals surface area (Å²) in [5.74, 6) is -4.46. The van der Waals surface area contributed by atoms with Crippen molar-refractivity contribution in [2.24, 2.45) is 5.92 Å². The van der Waals surface area contributed by atoms with E-state index in [1.165, 1.54) is 4.90 Å². The van der Waals surface area contributed by atoms with E-state index in [0.717, 1.165) is 5.56 Å². The van der Waals surface area contributed by atoms with Crippen molar-refractivity contribution in [2.75, 3.05) is 13.3 Å². The normalized spacial score (nSPS) is 29.3. The fraction of sp³-hybridized carbons (Fsp3) is 0.462. The number of halogens is 2. The summed E-state index contributed by atoms with van der Waals surface area (Å²) < 4.78 is 31.1. The molecule has 3 nitrogen and oxygen atoms in total. The minimum atomic E-state index is -2.82. The Kier molecular flexibility index (Phi) is 2.59. The first-order valence-corrected chi connectivity index (χ1v) is 5.90. The summed E-state index contributed by atoms with van der Waals surface area (Å²) in [6.07, 6.45) is -0.330. The molecule has 1 amide bonds. The molecule has 1 aliphatic carbocycles. The van der Waals surface area contributed by atoms with Crippen LogP contribution in [0.1, 0.15) is 18.0 Å². The van der Waals surface area contributed by atoms with E-state index in [2.05, 4.69) is 0 Å². The van der Waals surface area contributed by atoms with E-state index in [1.807, 2.05) is 30.3 Å². The van der Waals surface area contributed by atoms with Crippen LogP contribution in [-0.2, 0) is 9.53 Å². The first-order chi connectivity index (χ1) is 8.59. The van der Waals surface area contributed by atoms with Crippen LogP contribution in [0.15, 0.2) is 30.3 Å². The number of hydrogen-bond acceptors (Lipinski definition) is 2. The van der Waals surface area contributed by atoms with Gasteiger partial charge in [0.25, 0.3) is 5.92 Å². The molecule has 0 aromatic heterocycles. The van der Waals surface area contributed by atoms with Crippen molar-refractivity contribution < 1.29 is 18.3 Å². The number of rotatable bonds is 2. The molecule has 1 aromatic carbocycles. The molecule has 2 atom stereocenters. The predicted molar refractivity (Wildman–Crippen MR) is 59.9 cm³/mol. The smallest absolute Gasteiger partial charge is 0.260 e. The number of carbonyl (C=O) groups is 1. The molecule has 0 radical (unpaired) electrons. The molecule has 0 unspecified atom stereocenters. The number of hydrogen-bond donors (Lipinski definition) is 0. The molecule has 1 aromatic rings. The van der Waals surface area contributed by atoms with Crippen LogP contribution in [0.4, 0.5) is 8.78 Å². The lowest BCUT2D eigenvalue weighted by Gasteiger charge is -2.22. The second kappa shape index (κ2) is 4.02. The van der Waals surface area contributed by atoms with Crippen molar-refractivity contribution in [3.05, 3.63) is 35.9 Å². The van der Waals surface area contributed by atoms with E-state index in [-0.39, 0.29) is 19.2 Å². The van der Waals surface area contributed by atoms with Gasteiger partial charge in [0, 0.05) is 6.42 Å². The van der Waals surface area contributed by atoms with E-state index in [9.17, 15) is 13.6 Å². The molecular formula is C13H13F2NO2. The summed E-state index contributed by atoms with van der Waals surface area (Å²) >= 11 is 0. The molecule has 96 valence electrons. The molecule has 0 spiro atoms. The number of ether oxygens (including phenoxy) is 1. The van der Waals surface area contributed by atoms with E-state index in [4.69, 9.17) is 4.74 Å². The third-order valence-corrected chi connectivity index (χ3v) is 3.47. The number of carbonyl (C=O) groups excluding carboxylic acids is 1. The van der Waals surface area contributed by atoms with Crippen molar-refractivity contribution in [2.45, 2.75) is 18.4 Å². The van der Waals surface area contributed by atoms with Crippen LogP contribution in [0, 0.1) is 5.92 Å². The lowest BCUT2D eigenvalue weighted by atomic mass is 10.1. The third-order valence-electron chi connectivity index (χ3n) is 3.47. The summed E-state index contributed by atoms with van der Waals surface area (Å²) in [6, 6.07) is 9.12. The summed E-state index contributed by atoms with van der Waals surface area (Å²) in [5.41, 5.74) is 0.923. The van der Waals surface area contributed by atoms with E-state index in [0.29, 0.717) is 6.61 Å².